The van der Waals surface area contributed by atoms with Gasteiger partial charge in [-0.2, -0.15) is 0 Å². The van der Waals surface area contributed by atoms with Gasteiger partial charge in [-0.3, -0.25) is 5.41 Å². The molecule has 12 aromatic rings. The number of hydrogen-bond donors (Lipinski definition) is 4. The molecular formula is C76H71N5. The molecule has 1 aliphatic carbocycles. The molecule has 1 aliphatic rings. The summed E-state index contributed by atoms with van der Waals surface area (Å²) in [4.78, 5) is 0. The Balaban J connectivity index is 0.000000351. The van der Waals surface area contributed by atoms with Crippen LogP contribution in [0.5, 0.6) is 0 Å². The van der Waals surface area contributed by atoms with E-state index in [0.717, 1.165) is 45.4 Å². The average molecular weight is 1050 g/mol. The zero-order chi connectivity index (χ0) is 56.5. The fourth-order valence-electron chi connectivity index (χ4n) is 11.1. The summed E-state index contributed by atoms with van der Waals surface area (Å²) in [5.74, 6) is 0.281. The fraction of sp³-hybridized carbons (Fsp3) is 0.118. The Labute approximate surface area is 478 Å². The lowest BCUT2D eigenvalue weighted by Gasteiger charge is -2.21. The van der Waals surface area contributed by atoms with E-state index >= 15 is 0 Å². The van der Waals surface area contributed by atoms with Crippen molar-refractivity contribution in [2.75, 3.05) is 7.05 Å². The Morgan fingerprint density at radius 2 is 0.938 bits per heavy atom. The number of rotatable bonds is 9. The second kappa shape index (κ2) is 24.7. The summed E-state index contributed by atoms with van der Waals surface area (Å²) >= 11 is 0. The second-order valence-corrected chi connectivity index (χ2v) is 21.1. The van der Waals surface area contributed by atoms with Gasteiger partial charge in [-0.25, -0.2) is 0 Å². The van der Waals surface area contributed by atoms with E-state index in [2.05, 4.69) is 269 Å². The Morgan fingerprint density at radius 1 is 0.444 bits per heavy atom. The Bertz CT molecular complexity index is 4080. The number of amidine groups is 1. The van der Waals surface area contributed by atoms with Gasteiger partial charge in [-0.15, -0.1) is 0 Å². The van der Waals surface area contributed by atoms with Crippen LogP contribution in [0.2, 0.25) is 0 Å². The minimum absolute atomic E-state index is 0.00598. The van der Waals surface area contributed by atoms with E-state index in [1.165, 1.54) is 90.1 Å². The van der Waals surface area contributed by atoms with Crippen LogP contribution >= 0.6 is 0 Å². The monoisotopic (exact) mass is 1050 g/mol. The summed E-state index contributed by atoms with van der Waals surface area (Å²) < 4.78 is 2.40. The summed E-state index contributed by atoms with van der Waals surface area (Å²) in [6.45, 7) is 11.1. The molecule has 0 radical (unpaired) electrons. The van der Waals surface area contributed by atoms with E-state index in [9.17, 15) is 0 Å². The molecule has 0 saturated heterocycles. The highest BCUT2D eigenvalue weighted by Crippen LogP contribution is 2.49. The Kier molecular flexibility index (Phi) is 16.8. The molecule has 400 valence electrons. The highest BCUT2D eigenvalue weighted by Gasteiger charge is 2.35. The summed E-state index contributed by atoms with van der Waals surface area (Å²) in [6.07, 6.45) is 0.654. The zero-order valence-corrected chi connectivity index (χ0v) is 47.3. The van der Waals surface area contributed by atoms with E-state index in [-0.39, 0.29) is 11.3 Å². The van der Waals surface area contributed by atoms with Crippen molar-refractivity contribution < 1.29 is 0 Å². The predicted octanol–water partition coefficient (Wildman–Crippen LogP) is 18.5. The van der Waals surface area contributed by atoms with Gasteiger partial charge in [-0.1, -0.05) is 245 Å². The first-order valence-electron chi connectivity index (χ1n) is 28.0. The van der Waals surface area contributed by atoms with Crippen molar-refractivity contribution in [2.24, 2.45) is 11.5 Å². The molecule has 0 bridgehead atoms. The molecule has 5 heteroatoms. The number of aryl methyl sites for hydroxylation is 3. The largest absolute Gasteiger partial charge is 0.351 e. The molecule has 0 aliphatic heterocycles. The number of fused-ring (bicyclic) bond motifs is 6. The third-order valence-corrected chi connectivity index (χ3v) is 15.7. The van der Waals surface area contributed by atoms with Crippen molar-refractivity contribution in [1.82, 2.24) is 9.88 Å². The van der Waals surface area contributed by atoms with Crippen LogP contribution in [0, 0.1) is 19.3 Å². The molecule has 0 spiro atoms. The van der Waals surface area contributed by atoms with E-state index in [0.29, 0.717) is 0 Å². The highest BCUT2D eigenvalue weighted by atomic mass is 15.1. The van der Waals surface area contributed by atoms with Crippen LogP contribution in [0.1, 0.15) is 65.9 Å². The van der Waals surface area contributed by atoms with Gasteiger partial charge in [0.15, 0.2) is 0 Å². The number of nitrogens with zero attached hydrogens (tertiary/aromatic N) is 1. The quantitative estimate of drug-likeness (QED) is 0.0659. The molecule has 1 unspecified atom stereocenters. The van der Waals surface area contributed by atoms with E-state index in [1.807, 2.05) is 48.5 Å². The van der Waals surface area contributed by atoms with Crippen molar-refractivity contribution >= 4 is 27.6 Å². The van der Waals surface area contributed by atoms with Gasteiger partial charge >= 0.3 is 0 Å². The summed E-state index contributed by atoms with van der Waals surface area (Å²) in [6, 6.07) is 94.7. The molecule has 0 saturated carbocycles. The van der Waals surface area contributed by atoms with Crippen LogP contribution in [-0.2, 0) is 11.8 Å². The molecule has 1 atom stereocenters. The molecule has 11 aromatic carbocycles. The molecule has 0 fully saturated rings. The van der Waals surface area contributed by atoms with Gasteiger partial charge in [0.2, 0.25) is 0 Å². The van der Waals surface area contributed by atoms with Gasteiger partial charge in [-0.05, 0) is 159 Å². The van der Waals surface area contributed by atoms with Crippen molar-refractivity contribution in [3.63, 3.8) is 0 Å². The van der Waals surface area contributed by atoms with Crippen LogP contribution in [0.25, 0.3) is 83.1 Å². The van der Waals surface area contributed by atoms with Crippen LogP contribution < -0.4 is 16.8 Å². The number of aromatic nitrogens is 1. The molecule has 0 amide bonds. The first-order chi connectivity index (χ1) is 39.5. The van der Waals surface area contributed by atoms with Crippen LogP contribution in [0.4, 0.5) is 0 Å². The van der Waals surface area contributed by atoms with Gasteiger partial charge < -0.3 is 21.4 Å². The molecule has 1 heterocycles. The topological polar surface area (TPSA) is 92.9 Å². The molecule has 1 aromatic heterocycles. The average Bonchev–Trinajstić information content (AvgIpc) is 4.13. The van der Waals surface area contributed by atoms with Gasteiger partial charge in [0.05, 0.1) is 11.0 Å². The minimum Gasteiger partial charge on any atom is -0.351 e. The number of hydrogen-bond acceptors (Lipinski definition) is 3. The third-order valence-electron chi connectivity index (χ3n) is 15.7. The maximum Gasteiger partial charge on any atom is 0.126 e. The van der Waals surface area contributed by atoms with Crippen LogP contribution in [0.3, 0.4) is 0 Å². The van der Waals surface area contributed by atoms with Crippen LogP contribution in [-0.4, -0.2) is 17.5 Å². The van der Waals surface area contributed by atoms with Crippen molar-refractivity contribution in [3.05, 3.63) is 306 Å². The molecular weight excluding hydrogens is 983 g/mol. The first-order valence-corrected chi connectivity index (χ1v) is 28.0. The molecule has 13 rings (SSSR count). The normalized spacial score (nSPS) is 12.1. The van der Waals surface area contributed by atoms with E-state index in [1.54, 1.807) is 0 Å². The summed E-state index contributed by atoms with van der Waals surface area (Å²) in [7, 11) is 1.50. The lowest BCUT2D eigenvalue weighted by atomic mass is 9.82. The fourth-order valence-corrected chi connectivity index (χ4v) is 11.1. The third kappa shape index (κ3) is 11.8. The molecule has 81 heavy (non-hydrogen) atoms. The predicted molar refractivity (Wildman–Crippen MR) is 345 cm³/mol. The smallest absolute Gasteiger partial charge is 0.126 e. The maximum atomic E-state index is 8.93. The first kappa shape index (κ1) is 54.9. The van der Waals surface area contributed by atoms with E-state index in [4.69, 9.17) is 11.1 Å². The zero-order valence-electron chi connectivity index (χ0n) is 47.3. The standard InChI is InChI=1S/C59H46N4.2C8H10.CH5N/c1-59(2)53-22-10-9-21-49(53)51-35-44(28-31-54(51)59)39-23-25-40(26-24-39)45-29-32-55-52(36-45)50-30-27-46(37-56(50)63(55)48-20-12-18-43(34-48)38-13-5-3-6-14-38)42-17-11-19-47(33-42)58(61)62-57(60)41-15-7-4-8-16-41;1-7-5-3-4-6-8(7)2;1-2-8-6-4-3-5-7-8;1-2/h3-37,57H,60H2,1-2H3,(H2,61,62);3-6H,1-2H3;3-7H,2H2,1H3;2H2,1H3. The maximum absolute atomic E-state index is 8.93. The lowest BCUT2D eigenvalue weighted by molar-refractivity contribution is 0.660. The van der Waals surface area contributed by atoms with Crippen molar-refractivity contribution in [1.29, 1.82) is 5.41 Å². The lowest BCUT2D eigenvalue weighted by Crippen LogP contribution is -2.34. The number of nitrogens with one attached hydrogen (secondary N) is 2. The number of nitrogens with two attached hydrogens (primary N) is 2. The second-order valence-electron chi connectivity index (χ2n) is 21.1. The highest BCUT2D eigenvalue weighted by molar-refractivity contribution is 6.11. The summed E-state index contributed by atoms with van der Waals surface area (Å²) in [5, 5.41) is 14.5. The van der Waals surface area contributed by atoms with Crippen LogP contribution in [0.15, 0.2) is 267 Å². The SMILES string of the molecule is CC1(C)c2ccccc2-c2cc(-c3ccc(-c4ccc5c(c4)c4ccc(-c6cccc(C(=N)NC(N)c7ccccc7)c6)cc4n5-c4cccc(-c5ccccc5)c4)cc3)ccc21.CCc1ccccc1.CN.Cc1ccccc1C. The van der Waals surface area contributed by atoms with Gasteiger partial charge in [0.25, 0.3) is 0 Å². The van der Waals surface area contributed by atoms with Gasteiger partial charge in [0, 0.05) is 27.4 Å². The van der Waals surface area contributed by atoms with E-state index < -0.39 is 6.17 Å². The summed E-state index contributed by atoms with van der Waals surface area (Å²) in [5.41, 5.74) is 34.9. The van der Waals surface area contributed by atoms with Gasteiger partial charge in [0.1, 0.15) is 12.0 Å². The minimum atomic E-state index is -0.486. The number of benzene rings is 11. The Hall–Kier alpha value is -9.39. The molecule has 5 nitrogen and oxygen atoms in total. The van der Waals surface area contributed by atoms with Crippen molar-refractivity contribution in [3.8, 4) is 61.3 Å². The molecule has 6 N–H and O–H groups in total. The van der Waals surface area contributed by atoms with Crippen molar-refractivity contribution in [2.45, 2.75) is 52.6 Å². The Morgan fingerprint density at radius 3 is 1.59 bits per heavy atom.